The van der Waals surface area contributed by atoms with E-state index in [0.29, 0.717) is 32.4 Å². The third-order valence-corrected chi connectivity index (χ3v) is 3.79. The van der Waals surface area contributed by atoms with Gasteiger partial charge in [0, 0.05) is 5.56 Å². The Bertz CT molecular complexity index is 817. The maximum Gasteiger partial charge on any atom is 0.230 e. The zero-order chi connectivity index (χ0) is 15.0. The van der Waals surface area contributed by atoms with Crippen molar-refractivity contribution in [3.05, 3.63) is 58.3 Å². The van der Waals surface area contributed by atoms with Crippen LogP contribution in [0.5, 0.6) is 0 Å². The lowest BCUT2D eigenvalue weighted by Gasteiger charge is -2.05. The lowest BCUT2D eigenvalue weighted by Crippen LogP contribution is -1.90. The molecule has 0 spiro atoms. The zero-order valence-electron chi connectivity index (χ0n) is 10.6. The van der Waals surface area contributed by atoms with Crippen molar-refractivity contribution in [3.8, 4) is 22.4 Å². The lowest BCUT2D eigenvalue weighted by molar-refractivity contribution is 0.439. The summed E-state index contributed by atoms with van der Waals surface area (Å²) >= 11 is 11.9. The monoisotopic (exact) mass is 322 g/mol. The van der Waals surface area contributed by atoms with Gasteiger partial charge in [-0.1, -0.05) is 46.6 Å². The van der Waals surface area contributed by atoms with Gasteiger partial charge in [0.1, 0.15) is 11.5 Å². The predicted octanol–water partition coefficient (Wildman–Crippen LogP) is 5.04. The van der Waals surface area contributed by atoms with E-state index in [9.17, 15) is 4.39 Å². The van der Waals surface area contributed by atoms with Gasteiger partial charge < -0.3 is 10.3 Å². The Morgan fingerprint density at radius 3 is 2.52 bits per heavy atom. The van der Waals surface area contributed by atoms with Crippen molar-refractivity contribution in [1.82, 2.24) is 5.16 Å². The summed E-state index contributed by atoms with van der Waals surface area (Å²) in [6.45, 7) is 0. The average Bonchev–Trinajstić information content (AvgIpc) is 2.84. The summed E-state index contributed by atoms with van der Waals surface area (Å²) in [7, 11) is 0. The van der Waals surface area contributed by atoms with Crippen LogP contribution >= 0.6 is 23.2 Å². The molecule has 3 rings (SSSR count). The highest BCUT2D eigenvalue weighted by Gasteiger charge is 2.20. The molecule has 0 aliphatic carbocycles. The van der Waals surface area contributed by atoms with Gasteiger partial charge in [0.15, 0.2) is 0 Å². The summed E-state index contributed by atoms with van der Waals surface area (Å²) in [5.74, 6) is -0.321. The second-order valence-electron chi connectivity index (χ2n) is 4.38. The number of nitrogens with two attached hydrogens (primary N) is 1. The molecular weight excluding hydrogens is 314 g/mol. The molecule has 2 N–H and O–H groups in total. The van der Waals surface area contributed by atoms with Gasteiger partial charge in [-0.3, -0.25) is 0 Å². The molecule has 0 saturated carbocycles. The minimum Gasteiger partial charge on any atom is -0.367 e. The van der Waals surface area contributed by atoms with Crippen LogP contribution in [0.15, 0.2) is 47.0 Å². The van der Waals surface area contributed by atoms with Gasteiger partial charge in [-0.2, -0.15) is 0 Å². The Morgan fingerprint density at radius 1 is 1.05 bits per heavy atom. The molecule has 0 saturated heterocycles. The number of hydrogen-bond donors (Lipinski definition) is 1. The zero-order valence-corrected chi connectivity index (χ0v) is 12.1. The summed E-state index contributed by atoms with van der Waals surface area (Å²) in [5, 5.41) is 4.65. The smallest absolute Gasteiger partial charge is 0.230 e. The van der Waals surface area contributed by atoms with Crippen LogP contribution in [0.25, 0.3) is 22.4 Å². The van der Waals surface area contributed by atoms with E-state index in [1.165, 1.54) is 6.07 Å². The summed E-state index contributed by atoms with van der Waals surface area (Å²) in [4.78, 5) is 0. The Balaban J connectivity index is 2.22. The van der Waals surface area contributed by atoms with Gasteiger partial charge in [0.05, 0.1) is 15.6 Å². The van der Waals surface area contributed by atoms with Crippen molar-refractivity contribution in [1.29, 1.82) is 0 Å². The molecule has 0 unspecified atom stereocenters. The van der Waals surface area contributed by atoms with E-state index in [0.717, 1.165) is 0 Å². The summed E-state index contributed by atoms with van der Waals surface area (Å²) in [5.41, 5.74) is 7.59. The number of hydrogen-bond acceptors (Lipinski definition) is 3. The van der Waals surface area contributed by atoms with E-state index >= 15 is 0 Å². The molecule has 0 aliphatic rings. The highest BCUT2D eigenvalue weighted by Crippen LogP contribution is 2.39. The van der Waals surface area contributed by atoms with Crippen LogP contribution in [0.2, 0.25) is 10.0 Å². The van der Waals surface area contributed by atoms with E-state index in [-0.39, 0.29) is 5.88 Å². The first-order chi connectivity index (χ1) is 10.1. The summed E-state index contributed by atoms with van der Waals surface area (Å²) in [6, 6.07) is 11.3. The molecule has 1 heterocycles. The summed E-state index contributed by atoms with van der Waals surface area (Å²) < 4.78 is 19.0. The fourth-order valence-corrected chi connectivity index (χ4v) is 2.37. The van der Waals surface area contributed by atoms with Gasteiger partial charge in [0.2, 0.25) is 5.88 Å². The van der Waals surface area contributed by atoms with Crippen molar-refractivity contribution < 1.29 is 8.91 Å². The minimum atomic E-state index is -0.410. The second-order valence-corrected chi connectivity index (χ2v) is 5.19. The average molecular weight is 323 g/mol. The molecule has 0 amide bonds. The molecule has 1 aromatic heterocycles. The third-order valence-electron chi connectivity index (χ3n) is 3.06. The van der Waals surface area contributed by atoms with Gasteiger partial charge in [-0.25, -0.2) is 4.39 Å². The summed E-state index contributed by atoms with van der Waals surface area (Å²) in [6.07, 6.45) is 0. The molecule has 0 radical (unpaired) electrons. The molecule has 6 heteroatoms. The van der Waals surface area contributed by atoms with Crippen LogP contribution in [-0.4, -0.2) is 5.16 Å². The standard InChI is InChI=1S/C15H9Cl2FN2O/c16-10-6-5-8(7-11(10)17)13-14(20-21-15(13)19)9-3-1-2-4-12(9)18/h1-7H,19H2. The van der Waals surface area contributed by atoms with Crippen LogP contribution in [0.1, 0.15) is 0 Å². The van der Waals surface area contributed by atoms with Crippen molar-refractivity contribution >= 4 is 29.1 Å². The molecule has 3 aromatic rings. The fourth-order valence-electron chi connectivity index (χ4n) is 2.07. The highest BCUT2D eigenvalue weighted by molar-refractivity contribution is 6.42. The number of anilines is 1. The SMILES string of the molecule is Nc1onc(-c2ccccc2F)c1-c1ccc(Cl)c(Cl)c1. The molecule has 2 aromatic carbocycles. The normalized spacial score (nSPS) is 10.8. The number of aromatic nitrogens is 1. The van der Waals surface area contributed by atoms with Gasteiger partial charge in [-0.15, -0.1) is 0 Å². The van der Waals surface area contributed by atoms with Crippen LogP contribution in [0, 0.1) is 5.82 Å². The first-order valence-electron chi connectivity index (χ1n) is 6.03. The first-order valence-corrected chi connectivity index (χ1v) is 6.79. The number of halogens is 3. The Labute approximate surface area is 130 Å². The maximum atomic E-state index is 14.0. The number of nitrogen functional groups attached to an aromatic ring is 1. The highest BCUT2D eigenvalue weighted by atomic mass is 35.5. The quantitative estimate of drug-likeness (QED) is 0.719. The first kappa shape index (κ1) is 13.9. The Hall–Kier alpha value is -2.04. The largest absolute Gasteiger partial charge is 0.367 e. The topological polar surface area (TPSA) is 52.0 Å². The van der Waals surface area contributed by atoms with Gasteiger partial charge in [-0.05, 0) is 29.8 Å². The lowest BCUT2D eigenvalue weighted by atomic mass is 10.0. The molecule has 3 nitrogen and oxygen atoms in total. The molecule has 0 bridgehead atoms. The predicted molar refractivity (Wildman–Crippen MR) is 81.8 cm³/mol. The van der Waals surface area contributed by atoms with Crippen LogP contribution < -0.4 is 5.73 Å². The van der Waals surface area contributed by atoms with Crippen molar-refractivity contribution in [2.75, 3.05) is 5.73 Å². The maximum absolute atomic E-state index is 14.0. The third kappa shape index (κ3) is 2.48. The second kappa shape index (κ2) is 5.39. The van der Waals surface area contributed by atoms with E-state index in [2.05, 4.69) is 5.16 Å². The van der Waals surface area contributed by atoms with E-state index < -0.39 is 5.82 Å². The minimum absolute atomic E-state index is 0.0895. The molecule has 0 aliphatic heterocycles. The van der Waals surface area contributed by atoms with E-state index in [4.69, 9.17) is 33.5 Å². The number of benzene rings is 2. The van der Waals surface area contributed by atoms with Gasteiger partial charge in [0.25, 0.3) is 0 Å². The van der Waals surface area contributed by atoms with Crippen molar-refractivity contribution in [2.24, 2.45) is 0 Å². The van der Waals surface area contributed by atoms with E-state index in [1.54, 1.807) is 36.4 Å². The van der Waals surface area contributed by atoms with E-state index in [1.807, 2.05) is 0 Å². The van der Waals surface area contributed by atoms with Crippen LogP contribution in [0.4, 0.5) is 10.3 Å². The fraction of sp³-hybridized carbons (Fsp3) is 0. The Morgan fingerprint density at radius 2 is 1.81 bits per heavy atom. The molecular formula is C15H9Cl2FN2O. The van der Waals surface area contributed by atoms with Crippen LogP contribution in [-0.2, 0) is 0 Å². The molecule has 21 heavy (non-hydrogen) atoms. The van der Waals surface area contributed by atoms with Crippen molar-refractivity contribution in [2.45, 2.75) is 0 Å². The molecule has 0 atom stereocenters. The number of nitrogens with zero attached hydrogens (tertiary/aromatic N) is 1. The van der Waals surface area contributed by atoms with Crippen LogP contribution in [0.3, 0.4) is 0 Å². The van der Waals surface area contributed by atoms with Crippen molar-refractivity contribution in [3.63, 3.8) is 0 Å². The number of rotatable bonds is 2. The molecule has 106 valence electrons. The van der Waals surface area contributed by atoms with Gasteiger partial charge >= 0.3 is 0 Å². The molecule has 0 fully saturated rings. The Kier molecular flexibility index (Phi) is 3.57.